The fourth-order valence-electron chi connectivity index (χ4n) is 1.25. The van der Waals surface area contributed by atoms with Crippen molar-refractivity contribution in [2.75, 3.05) is 6.61 Å². The summed E-state index contributed by atoms with van der Waals surface area (Å²) >= 11 is 0. The zero-order valence-electron chi connectivity index (χ0n) is 10.2. The molecule has 7 heteroatoms. The van der Waals surface area contributed by atoms with Crippen molar-refractivity contribution in [3.63, 3.8) is 0 Å². The average molecular weight is 294 g/mol. The van der Waals surface area contributed by atoms with E-state index in [1.807, 2.05) is 0 Å². The van der Waals surface area contributed by atoms with E-state index in [4.69, 9.17) is 0 Å². The predicted molar refractivity (Wildman–Crippen MR) is 61.2 cm³/mol. The maximum absolute atomic E-state index is 12.5. The Morgan fingerprint density at radius 3 is 2.15 bits per heavy atom. The summed E-state index contributed by atoms with van der Waals surface area (Å²) in [5.41, 5.74) is 0.464. The van der Waals surface area contributed by atoms with E-state index in [0.29, 0.717) is 5.56 Å². The van der Waals surface area contributed by atoms with Crippen LogP contribution in [-0.2, 0) is 16.0 Å². The lowest BCUT2D eigenvalue weighted by molar-refractivity contribution is -0.293. The van der Waals surface area contributed by atoms with E-state index in [0.717, 1.165) is 0 Å². The highest BCUT2D eigenvalue weighted by Crippen LogP contribution is 2.35. The lowest BCUT2D eigenvalue weighted by Gasteiger charge is -2.19. The number of hydrogen-bond donors (Lipinski definition) is 0. The molecule has 0 heterocycles. The van der Waals surface area contributed by atoms with E-state index in [1.54, 1.807) is 30.3 Å². The highest BCUT2D eigenvalue weighted by atomic mass is 19.4. The van der Waals surface area contributed by atoms with Crippen molar-refractivity contribution in [1.82, 2.24) is 0 Å². The SMILES string of the molecule is C=C(Cc1ccccc1)C(=O)OCC(F)(F)C(F)(F)F. The third kappa shape index (κ3) is 4.32. The first-order chi connectivity index (χ1) is 9.13. The van der Waals surface area contributed by atoms with E-state index < -0.39 is 24.7 Å². The summed E-state index contributed by atoms with van der Waals surface area (Å²) in [7, 11) is 0. The first-order valence-corrected chi connectivity index (χ1v) is 5.47. The Balaban J connectivity index is 2.53. The number of esters is 1. The van der Waals surface area contributed by atoms with Crippen LogP contribution in [0.1, 0.15) is 5.56 Å². The molecule has 2 nitrogen and oxygen atoms in total. The lowest BCUT2D eigenvalue weighted by Crippen LogP contribution is -2.41. The molecule has 0 saturated heterocycles. The van der Waals surface area contributed by atoms with E-state index in [2.05, 4.69) is 11.3 Å². The summed E-state index contributed by atoms with van der Waals surface area (Å²) in [6, 6.07) is 8.41. The van der Waals surface area contributed by atoms with Gasteiger partial charge in [0, 0.05) is 12.0 Å². The van der Waals surface area contributed by atoms with Gasteiger partial charge in [0.15, 0.2) is 6.61 Å². The van der Waals surface area contributed by atoms with Gasteiger partial charge in [0.05, 0.1) is 0 Å². The fraction of sp³-hybridized carbons (Fsp3) is 0.308. The summed E-state index contributed by atoms with van der Waals surface area (Å²) in [5, 5.41) is 0. The molecule has 0 aliphatic carbocycles. The Morgan fingerprint density at radius 1 is 1.10 bits per heavy atom. The van der Waals surface area contributed by atoms with Crippen LogP contribution >= 0.6 is 0 Å². The van der Waals surface area contributed by atoms with Crippen molar-refractivity contribution in [2.24, 2.45) is 0 Å². The number of halogens is 5. The molecular formula is C13H11F5O2. The monoisotopic (exact) mass is 294 g/mol. The van der Waals surface area contributed by atoms with Gasteiger partial charge in [-0.1, -0.05) is 36.9 Å². The number of carbonyl (C=O) groups excluding carboxylic acids is 1. The maximum atomic E-state index is 12.5. The van der Waals surface area contributed by atoms with Crippen molar-refractivity contribution in [1.29, 1.82) is 0 Å². The summed E-state index contributed by atoms with van der Waals surface area (Å²) in [4.78, 5) is 11.3. The fourth-order valence-corrected chi connectivity index (χ4v) is 1.25. The molecule has 0 spiro atoms. The molecule has 20 heavy (non-hydrogen) atoms. The molecule has 0 saturated carbocycles. The van der Waals surface area contributed by atoms with Crippen molar-refractivity contribution in [3.8, 4) is 0 Å². The number of carbonyl (C=O) groups is 1. The van der Waals surface area contributed by atoms with Crippen LogP contribution in [0.15, 0.2) is 42.5 Å². The van der Waals surface area contributed by atoms with Crippen molar-refractivity contribution in [2.45, 2.75) is 18.5 Å². The minimum Gasteiger partial charge on any atom is -0.456 e. The number of rotatable bonds is 5. The molecule has 0 N–H and O–H groups in total. The molecule has 0 aromatic heterocycles. The number of ether oxygens (including phenoxy) is 1. The Morgan fingerprint density at radius 2 is 1.65 bits per heavy atom. The molecular weight excluding hydrogens is 283 g/mol. The summed E-state index contributed by atoms with van der Waals surface area (Å²) < 4.78 is 64.7. The average Bonchev–Trinajstić information content (AvgIpc) is 2.35. The molecule has 0 bridgehead atoms. The molecule has 0 fully saturated rings. The molecule has 1 aromatic rings. The molecule has 0 radical (unpaired) electrons. The molecule has 0 atom stereocenters. The van der Waals surface area contributed by atoms with Gasteiger partial charge in [-0.15, -0.1) is 0 Å². The Labute approximate surface area is 111 Å². The second-order valence-electron chi connectivity index (χ2n) is 4.04. The number of hydrogen-bond acceptors (Lipinski definition) is 2. The van der Waals surface area contributed by atoms with E-state index in [9.17, 15) is 26.7 Å². The largest absolute Gasteiger partial charge is 0.456 e. The van der Waals surface area contributed by atoms with Crippen molar-refractivity contribution < 1.29 is 31.5 Å². The third-order valence-corrected chi connectivity index (χ3v) is 2.35. The summed E-state index contributed by atoms with van der Waals surface area (Å²) in [6.45, 7) is 1.26. The topological polar surface area (TPSA) is 26.3 Å². The van der Waals surface area contributed by atoms with Crippen LogP contribution in [0.25, 0.3) is 0 Å². The second-order valence-corrected chi connectivity index (χ2v) is 4.04. The maximum Gasteiger partial charge on any atom is 0.456 e. The first kappa shape index (κ1) is 16.1. The van der Waals surface area contributed by atoms with Crippen LogP contribution in [0, 0.1) is 0 Å². The van der Waals surface area contributed by atoms with E-state index >= 15 is 0 Å². The van der Waals surface area contributed by atoms with Crippen LogP contribution in [0.5, 0.6) is 0 Å². The van der Waals surface area contributed by atoms with Gasteiger partial charge < -0.3 is 4.74 Å². The standard InChI is InChI=1S/C13H11F5O2/c1-9(7-10-5-3-2-4-6-10)11(19)20-8-12(14,15)13(16,17)18/h2-6H,1,7-8H2. The molecule has 0 aliphatic rings. The van der Waals surface area contributed by atoms with Crippen molar-refractivity contribution in [3.05, 3.63) is 48.0 Å². The van der Waals surface area contributed by atoms with E-state index in [-0.39, 0.29) is 12.0 Å². The van der Waals surface area contributed by atoms with Crippen molar-refractivity contribution >= 4 is 5.97 Å². The van der Waals surface area contributed by atoms with Gasteiger partial charge in [-0.05, 0) is 5.56 Å². The van der Waals surface area contributed by atoms with Gasteiger partial charge in [0.25, 0.3) is 0 Å². The third-order valence-electron chi connectivity index (χ3n) is 2.35. The van der Waals surface area contributed by atoms with Crippen LogP contribution in [0.4, 0.5) is 22.0 Å². The minimum absolute atomic E-state index is 0.0112. The highest BCUT2D eigenvalue weighted by Gasteiger charge is 2.58. The normalized spacial score (nSPS) is 12.1. The highest BCUT2D eigenvalue weighted by molar-refractivity contribution is 5.88. The van der Waals surface area contributed by atoms with Gasteiger partial charge in [-0.25, -0.2) is 4.79 Å². The van der Waals surface area contributed by atoms with Crippen LogP contribution < -0.4 is 0 Å². The predicted octanol–water partition coefficient (Wildman–Crippen LogP) is 3.53. The Kier molecular flexibility index (Phi) is 4.86. The zero-order valence-corrected chi connectivity index (χ0v) is 10.2. The van der Waals surface area contributed by atoms with E-state index in [1.165, 1.54) is 0 Å². The minimum atomic E-state index is -5.76. The second kappa shape index (κ2) is 6.02. The Bertz CT molecular complexity index is 479. The molecule has 1 rings (SSSR count). The summed E-state index contributed by atoms with van der Waals surface area (Å²) in [6.07, 6.45) is -5.74. The van der Waals surface area contributed by atoms with Gasteiger partial charge in [-0.3, -0.25) is 0 Å². The molecule has 110 valence electrons. The quantitative estimate of drug-likeness (QED) is 0.472. The van der Waals surface area contributed by atoms with Gasteiger partial charge in [-0.2, -0.15) is 22.0 Å². The smallest absolute Gasteiger partial charge is 0.456 e. The summed E-state index contributed by atoms with van der Waals surface area (Å²) in [5.74, 6) is -6.35. The molecule has 0 amide bonds. The number of benzene rings is 1. The molecule has 0 unspecified atom stereocenters. The lowest BCUT2D eigenvalue weighted by atomic mass is 10.1. The van der Waals surface area contributed by atoms with Crippen LogP contribution in [0.3, 0.4) is 0 Å². The van der Waals surface area contributed by atoms with Gasteiger partial charge >= 0.3 is 18.1 Å². The molecule has 0 aliphatic heterocycles. The van der Waals surface area contributed by atoms with Crippen LogP contribution in [0.2, 0.25) is 0 Å². The van der Waals surface area contributed by atoms with Gasteiger partial charge in [0.1, 0.15) is 0 Å². The van der Waals surface area contributed by atoms with Crippen LogP contribution in [-0.4, -0.2) is 24.7 Å². The van der Waals surface area contributed by atoms with Gasteiger partial charge in [0.2, 0.25) is 0 Å². The number of alkyl halides is 5. The molecule has 1 aromatic carbocycles. The Hall–Kier alpha value is -1.92. The zero-order chi connectivity index (χ0) is 15.4. The first-order valence-electron chi connectivity index (χ1n) is 5.47.